The highest BCUT2D eigenvalue weighted by Gasteiger charge is 2.31. The summed E-state index contributed by atoms with van der Waals surface area (Å²) in [5.74, 6) is -1.46. The summed E-state index contributed by atoms with van der Waals surface area (Å²) in [6, 6.07) is 7.34. The van der Waals surface area contributed by atoms with Crippen LogP contribution in [0.25, 0.3) is 0 Å². The van der Waals surface area contributed by atoms with Crippen LogP contribution >= 0.6 is 11.8 Å². The van der Waals surface area contributed by atoms with Gasteiger partial charge in [0.05, 0.1) is 23.1 Å². The number of aromatic nitrogens is 1. The van der Waals surface area contributed by atoms with Crippen molar-refractivity contribution >= 4 is 40.9 Å². The Balaban J connectivity index is 1.65. The molecule has 0 fully saturated rings. The molecule has 1 aliphatic rings. The highest BCUT2D eigenvalue weighted by molar-refractivity contribution is 8.01. The lowest BCUT2D eigenvalue weighted by atomic mass is 10.0. The van der Waals surface area contributed by atoms with Gasteiger partial charge in [-0.05, 0) is 45.4 Å². The number of carbonyl (C=O) groups excluding carboxylic acids is 4. The number of carbonyl (C=O) groups is 4. The number of para-hydroxylation sites is 1. The van der Waals surface area contributed by atoms with Crippen molar-refractivity contribution in [3.05, 3.63) is 46.8 Å². The van der Waals surface area contributed by atoms with Gasteiger partial charge in [-0.2, -0.15) is 0 Å². The molecule has 0 bridgehead atoms. The highest BCUT2D eigenvalue weighted by Crippen LogP contribution is 2.36. The number of esters is 1. The van der Waals surface area contributed by atoms with Crippen LogP contribution in [0.1, 0.15) is 52.4 Å². The minimum atomic E-state index is -1.04. The first kappa shape index (κ1) is 20.9. The number of benzene rings is 1. The van der Waals surface area contributed by atoms with Crippen molar-refractivity contribution in [1.82, 2.24) is 4.98 Å². The molecule has 1 aromatic heterocycles. The van der Waals surface area contributed by atoms with E-state index < -0.39 is 23.1 Å². The first-order valence-corrected chi connectivity index (χ1v) is 10.1. The number of nitrogens with one attached hydrogen (secondary N) is 2. The Morgan fingerprint density at radius 2 is 1.90 bits per heavy atom. The fourth-order valence-electron chi connectivity index (χ4n) is 3.40. The number of hydrogen-bond acceptors (Lipinski definition) is 6. The van der Waals surface area contributed by atoms with E-state index in [1.165, 1.54) is 25.6 Å². The van der Waals surface area contributed by atoms with Gasteiger partial charge < -0.3 is 15.0 Å². The Morgan fingerprint density at radius 1 is 1.21 bits per heavy atom. The van der Waals surface area contributed by atoms with E-state index in [-0.39, 0.29) is 23.8 Å². The van der Waals surface area contributed by atoms with Crippen molar-refractivity contribution < 1.29 is 23.9 Å². The molecule has 7 nitrogen and oxygen atoms in total. The number of aromatic amines is 1. The highest BCUT2D eigenvalue weighted by atomic mass is 32.2. The average Bonchev–Trinajstić information content (AvgIpc) is 2.95. The number of amides is 1. The Morgan fingerprint density at radius 3 is 2.55 bits per heavy atom. The molecule has 0 unspecified atom stereocenters. The monoisotopic (exact) mass is 414 g/mol. The van der Waals surface area contributed by atoms with E-state index in [2.05, 4.69) is 10.3 Å². The Hall–Kier alpha value is -2.87. The number of aryl methyl sites for hydroxylation is 1. The second-order valence-electron chi connectivity index (χ2n) is 6.97. The van der Waals surface area contributed by atoms with Crippen LogP contribution in [0.5, 0.6) is 0 Å². The summed E-state index contributed by atoms with van der Waals surface area (Å²) in [5, 5.41) is 2.15. The van der Waals surface area contributed by atoms with Crippen molar-refractivity contribution in [2.45, 2.75) is 50.4 Å². The molecule has 1 amide bonds. The fraction of sp³-hybridized carbons (Fsp3) is 0.333. The molecule has 152 valence electrons. The molecule has 1 aromatic carbocycles. The van der Waals surface area contributed by atoms with Crippen molar-refractivity contribution in [2.24, 2.45) is 0 Å². The summed E-state index contributed by atoms with van der Waals surface area (Å²) >= 11 is 1.29. The topological polar surface area (TPSA) is 105 Å². The lowest BCUT2D eigenvalue weighted by molar-refractivity contribution is -0.147. The van der Waals surface area contributed by atoms with Crippen LogP contribution in [0.3, 0.4) is 0 Å². The molecule has 2 heterocycles. The minimum Gasteiger partial charge on any atom is -0.454 e. The summed E-state index contributed by atoms with van der Waals surface area (Å²) in [6.45, 7) is 6.31. The van der Waals surface area contributed by atoms with Crippen molar-refractivity contribution in [1.29, 1.82) is 0 Å². The van der Waals surface area contributed by atoms with Gasteiger partial charge in [0.1, 0.15) is 0 Å². The first-order valence-electron chi connectivity index (χ1n) is 9.19. The van der Waals surface area contributed by atoms with Gasteiger partial charge in [0, 0.05) is 16.2 Å². The number of thioether (sulfide) groups is 1. The van der Waals surface area contributed by atoms with Gasteiger partial charge in [0.15, 0.2) is 11.9 Å². The molecule has 8 heteroatoms. The van der Waals surface area contributed by atoms with Gasteiger partial charge in [-0.1, -0.05) is 12.1 Å². The van der Waals surface area contributed by atoms with Gasteiger partial charge in [-0.3, -0.25) is 19.2 Å². The summed E-state index contributed by atoms with van der Waals surface area (Å²) in [4.78, 5) is 52.8. The number of H-pyrrole nitrogens is 1. The van der Waals surface area contributed by atoms with E-state index in [1.54, 1.807) is 19.9 Å². The zero-order chi connectivity index (χ0) is 21.3. The normalized spacial score (nSPS) is 16.6. The standard InChI is InChI=1S/C21H22N2O5S/c1-10-18(12(3)24)11(2)22-19(10)20(26)13(4)28-17(25)9-16-21(27)23-14-7-5-6-8-15(14)29-16/h5-8,13,16,22H,9H2,1-4H3,(H,23,27)/t13-,16-/m1/s1. The molecule has 2 N–H and O–H groups in total. The smallest absolute Gasteiger partial charge is 0.308 e. The molecule has 0 spiro atoms. The van der Waals surface area contributed by atoms with Crippen LogP contribution in [0.2, 0.25) is 0 Å². The molecular weight excluding hydrogens is 392 g/mol. The second kappa shape index (κ2) is 8.24. The van der Waals surface area contributed by atoms with Crippen LogP contribution in [0.4, 0.5) is 5.69 Å². The zero-order valence-corrected chi connectivity index (χ0v) is 17.4. The molecule has 2 atom stereocenters. The predicted molar refractivity (Wildman–Crippen MR) is 109 cm³/mol. The van der Waals surface area contributed by atoms with E-state index in [9.17, 15) is 19.2 Å². The van der Waals surface area contributed by atoms with E-state index in [0.717, 1.165) is 10.6 Å². The number of Topliss-reactive ketones (excluding diaryl/α,β-unsaturated/α-hetero) is 2. The van der Waals surface area contributed by atoms with Crippen LogP contribution in [0, 0.1) is 13.8 Å². The third-order valence-corrected chi connectivity index (χ3v) is 6.05. The summed E-state index contributed by atoms with van der Waals surface area (Å²) in [7, 11) is 0. The average molecular weight is 414 g/mol. The van der Waals surface area contributed by atoms with Gasteiger partial charge in [-0.15, -0.1) is 11.8 Å². The van der Waals surface area contributed by atoms with Crippen LogP contribution in [-0.2, 0) is 14.3 Å². The largest absolute Gasteiger partial charge is 0.454 e. The number of hydrogen-bond donors (Lipinski definition) is 2. The lowest BCUT2D eigenvalue weighted by Gasteiger charge is -2.23. The fourth-order valence-corrected chi connectivity index (χ4v) is 4.50. The van der Waals surface area contributed by atoms with Crippen LogP contribution in [0.15, 0.2) is 29.2 Å². The van der Waals surface area contributed by atoms with E-state index in [4.69, 9.17) is 4.74 Å². The maximum Gasteiger partial charge on any atom is 0.308 e. The molecule has 3 rings (SSSR count). The molecule has 1 aliphatic heterocycles. The molecule has 0 aliphatic carbocycles. The maximum atomic E-state index is 12.7. The number of rotatable bonds is 6. The SMILES string of the molecule is CC(=O)c1c(C)[nH]c(C(=O)[C@@H](C)OC(=O)C[C@H]2Sc3ccccc3NC2=O)c1C. The van der Waals surface area contributed by atoms with Crippen molar-refractivity contribution in [3.8, 4) is 0 Å². The minimum absolute atomic E-state index is 0.138. The van der Waals surface area contributed by atoms with Crippen molar-refractivity contribution in [3.63, 3.8) is 0 Å². The van der Waals surface area contributed by atoms with E-state index in [0.29, 0.717) is 16.8 Å². The van der Waals surface area contributed by atoms with E-state index in [1.807, 2.05) is 18.2 Å². The zero-order valence-electron chi connectivity index (χ0n) is 16.6. The summed E-state index contributed by atoms with van der Waals surface area (Å²) in [6.07, 6.45) is -1.19. The molecule has 29 heavy (non-hydrogen) atoms. The molecule has 2 aromatic rings. The third-order valence-electron chi connectivity index (χ3n) is 4.77. The van der Waals surface area contributed by atoms with Crippen LogP contribution in [-0.4, -0.2) is 39.8 Å². The quantitative estimate of drug-likeness (QED) is 0.554. The van der Waals surface area contributed by atoms with Gasteiger partial charge in [0.25, 0.3) is 0 Å². The van der Waals surface area contributed by atoms with Crippen molar-refractivity contribution in [2.75, 3.05) is 5.32 Å². The van der Waals surface area contributed by atoms with Gasteiger partial charge >= 0.3 is 5.97 Å². The number of ether oxygens (including phenoxy) is 1. The molecule has 0 saturated heterocycles. The molecule has 0 radical (unpaired) electrons. The predicted octanol–water partition coefficient (Wildman–Crippen LogP) is 3.45. The van der Waals surface area contributed by atoms with Gasteiger partial charge in [-0.25, -0.2) is 0 Å². The summed E-state index contributed by atoms with van der Waals surface area (Å²) in [5.41, 5.74) is 2.59. The first-order chi connectivity index (χ1) is 13.7. The summed E-state index contributed by atoms with van der Waals surface area (Å²) < 4.78 is 5.28. The van der Waals surface area contributed by atoms with Gasteiger partial charge in [0.2, 0.25) is 11.7 Å². The van der Waals surface area contributed by atoms with E-state index >= 15 is 0 Å². The Kier molecular flexibility index (Phi) is 5.93. The Bertz CT molecular complexity index is 1010. The number of anilines is 1. The lowest BCUT2D eigenvalue weighted by Crippen LogP contribution is -2.33. The number of fused-ring (bicyclic) bond motifs is 1. The molecular formula is C21H22N2O5S. The molecule has 0 saturated carbocycles. The maximum absolute atomic E-state index is 12.7. The van der Waals surface area contributed by atoms with Crippen LogP contribution < -0.4 is 5.32 Å². The Labute approximate surface area is 172 Å². The third kappa shape index (κ3) is 4.27. The number of ketones is 2. The second-order valence-corrected chi connectivity index (χ2v) is 8.22.